The summed E-state index contributed by atoms with van der Waals surface area (Å²) in [4.78, 5) is 22.3. The van der Waals surface area contributed by atoms with Crippen molar-refractivity contribution >= 4 is 11.6 Å². The molecule has 0 aliphatic carbocycles. The lowest BCUT2D eigenvalue weighted by Gasteiger charge is -2.20. The van der Waals surface area contributed by atoms with Crippen molar-refractivity contribution < 1.29 is 9.53 Å². The van der Waals surface area contributed by atoms with E-state index in [-0.39, 0.29) is 5.91 Å². The van der Waals surface area contributed by atoms with Crippen LogP contribution in [0, 0.1) is 0 Å². The third kappa shape index (κ3) is 3.12. The zero-order chi connectivity index (χ0) is 14.4. The maximum atomic E-state index is 12.5. The highest BCUT2D eigenvalue weighted by Crippen LogP contribution is 2.16. The first-order valence-electron chi connectivity index (χ1n) is 6.57. The lowest BCUT2D eigenvalue weighted by Crippen LogP contribution is -2.30. The number of anilines is 1. The first-order chi connectivity index (χ1) is 9.76. The van der Waals surface area contributed by atoms with Crippen LogP contribution in [-0.4, -0.2) is 29.0 Å². The van der Waals surface area contributed by atoms with Gasteiger partial charge in [0.05, 0.1) is 24.1 Å². The lowest BCUT2D eigenvalue weighted by atomic mass is 10.2. The minimum atomic E-state index is -0.101. The summed E-state index contributed by atoms with van der Waals surface area (Å²) in [7, 11) is 0. The highest BCUT2D eigenvalue weighted by atomic mass is 16.5. The molecule has 2 heterocycles. The van der Waals surface area contributed by atoms with Crippen LogP contribution < -0.4 is 9.64 Å². The summed E-state index contributed by atoms with van der Waals surface area (Å²) in [5.74, 6) is 0.421. The van der Waals surface area contributed by atoms with Crippen molar-refractivity contribution in [2.75, 3.05) is 18.1 Å². The standard InChI is InChI=1S/C15H17N3O2/c1-3-18(13-6-5-9-16-11-13)15(19)12-7-8-14(17-10-12)20-4-2/h5-11H,3-4H2,1-2H3. The molecule has 0 spiro atoms. The molecule has 0 unspecified atom stereocenters. The van der Waals surface area contributed by atoms with Crippen LogP contribution in [0.3, 0.4) is 0 Å². The van der Waals surface area contributed by atoms with Crippen molar-refractivity contribution in [3.63, 3.8) is 0 Å². The first kappa shape index (κ1) is 14.0. The Morgan fingerprint density at radius 2 is 2.10 bits per heavy atom. The van der Waals surface area contributed by atoms with Gasteiger partial charge in [-0.2, -0.15) is 0 Å². The van der Waals surface area contributed by atoms with Crippen LogP contribution in [0.1, 0.15) is 24.2 Å². The van der Waals surface area contributed by atoms with E-state index < -0.39 is 0 Å². The van der Waals surface area contributed by atoms with Crippen molar-refractivity contribution in [1.29, 1.82) is 0 Å². The Kier molecular flexibility index (Phi) is 4.65. The van der Waals surface area contributed by atoms with Gasteiger partial charge in [-0.1, -0.05) is 0 Å². The number of aromatic nitrogens is 2. The number of carbonyl (C=O) groups excluding carboxylic acids is 1. The molecule has 2 rings (SSSR count). The molecule has 5 nitrogen and oxygen atoms in total. The summed E-state index contributed by atoms with van der Waals surface area (Å²) in [6.45, 7) is 4.93. The number of nitrogens with zero attached hydrogens (tertiary/aromatic N) is 3. The third-order valence-electron chi connectivity index (χ3n) is 2.79. The molecular weight excluding hydrogens is 254 g/mol. The quantitative estimate of drug-likeness (QED) is 0.838. The molecule has 0 saturated carbocycles. The van der Waals surface area contributed by atoms with Gasteiger partial charge in [-0.05, 0) is 32.0 Å². The summed E-state index contributed by atoms with van der Waals surface area (Å²) in [5, 5.41) is 0. The summed E-state index contributed by atoms with van der Waals surface area (Å²) in [5.41, 5.74) is 1.30. The van der Waals surface area contributed by atoms with Crippen molar-refractivity contribution in [2.24, 2.45) is 0 Å². The van der Waals surface area contributed by atoms with Gasteiger partial charge in [-0.15, -0.1) is 0 Å². The largest absolute Gasteiger partial charge is 0.478 e. The van der Waals surface area contributed by atoms with E-state index in [9.17, 15) is 4.79 Å². The maximum Gasteiger partial charge on any atom is 0.259 e. The predicted molar refractivity (Wildman–Crippen MR) is 77.0 cm³/mol. The van der Waals surface area contributed by atoms with E-state index in [0.29, 0.717) is 24.6 Å². The summed E-state index contributed by atoms with van der Waals surface area (Å²) in [6, 6.07) is 7.09. The highest BCUT2D eigenvalue weighted by molar-refractivity contribution is 6.05. The fourth-order valence-corrected chi connectivity index (χ4v) is 1.85. The molecule has 5 heteroatoms. The summed E-state index contributed by atoms with van der Waals surface area (Å²) in [6.07, 6.45) is 4.88. The van der Waals surface area contributed by atoms with E-state index in [2.05, 4.69) is 9.97 Å². The monoisotopic (exact) mass is 271 g/mol. The van der Waals surface area contributed by atoms with Gasteiger partial charge < -0.3 is 9.64 Å². The average molecular weight is 271 g/mol. The minimum Gasteiger partial charge on any atom is -0.478 e. The number of carbonyl (C=O) groups is 1. The number of hydrogen-bond acceptors (Lipinski definition) is 4. The predicted octanol–water partition coefficient (Wildman–Crippen LogP) is 2.54. The molecule has 2 aromatic rings. The molecule has 1 amide bonds. The van der Waals surface area contributed by atoms with E-state index in [1.807, 2.05) is 26.0 Å². The normalized spacial score (nSPS) is 10.1. The Labute approximate surface area is 118 Å². The van der Waals surface area contributed by atoms with Gasteiger partial charge in [0.15, 0.2) is 0 Å². The van der Waals surface area contributed by atoms with Crippen molar-refractivity contribution in [3.05, 3.63) is 48.4 Å². The molecule has 0 radical (unpaired) electrons. The van der Waals surface area contributed by atoms with Gasteiger partial charge in [0, 0.05) is 25.0 Å². The zero-order valence-electron chi connectivity index (χ0n) is 11.6. The Hall–Kier alpha value is -2.43. The fraction of sp³-hybridized carbons (Fsp3) is 0.267. The fourth-order valence-electron chi connectivity index (χ4n) is 1.85. The highest BCUT2D eigenvalue weighted by Gasteiger charge is 2.16. The number of pyridine rings is 2. The summed E-state index contributed by atoms with van der Waals surface area (Å²) < 4.78 is 5.27. The molecule has 0 aromatic carbocycles. The Morgan fingerprint density at radius 1 is 1.25 bits per heavy atom. The molecule has 0 saturated heterocycles. The SMILES string of the molecule is CCOc1ccc(C(=O)N(CC)c2cccnc2)cn1. The van der Waals surface area contributed by atoms with E-state index >= 15 is 0 Å². The number of amides is 1. The van der Waals surface area contributed by atoms with Gasteiger partial charge in [-0.25, -0.2) is 4.98 Å². The molecule has 0 aliphatic rings. The second-order valence-corrected chi connectivity index (χ2v) is 4.08. The van der Waals surface area contributed by atoms with Crippen LogP contribution in [0.5, 0.6) is 5.88 Å². The second kappa shape index (κ2) is 6.65. The second-order valence-electron chi connectivity index (χ2n) is 4.08. The smallest absolute Gasteiger partial charge is 0.259 e. The minimum absolute atomic E-state index is 0.101. The van der Waals surface area contributed by atoms with Crippen LogP contribution in [0.4, 0.5) is 5.69 Å². The molecule has 0 fully saturated rings. The van der Waals surface area contributed by atoms with Crippen LogP contribution >= 0.6 is 0 Å². The number of rotatable bonds is 5. The number of ether oxygens (including phenoxy) is 1. The van der Waals surface area contributed by atoms with E-state index in [0.717, 1.165) is 5.69 Å². The molecule has 0 N–H and O–H groups in total. The molecular formula is C15H17N3O2. The van der Waals surface area contributed by atoms with Crippen LogP contribution in [0.2, 0.25) is 0 Å². The Balaban J connectivity index is 2.20. The third-order valence-corrected chi connectivity index (χ3v) is 2.79. The topological polar surface area (TPSA) is 55.3 Å². The van der Waals surface area contributed by atoms with Crippen molar-refractivity contribution in [2.45, 2.75) is 13.8 Å². The molecule has 0 aliphatic heterocycles. The van der Waals surface area contributed by atoms with Gasteiger partial charge in [0.1, 0.15) is 0 Å². The molecule has 104 valence electrons. The van der Waals surface area contributed by atoms with Gasteiger partial charge in [0.2, 0.25) is 5.88 Å². The number of hydrogen-bond donors (Lipinski definition) is 0. The summed E-state index contributed by atoms with van der Waals surface area (Å²) >= 11 is 0. The zero-order valence-corrected chi connectivity index (χ0v) is 11.6. The Morgan fingerprint density at radius 3 is 2.65 bits per heavy atom. The molecule has 0 bridgehead atoms. The van der Waals surface area contributed by atoms with Gasteiger partial charge in [-0.3, -0.25) is 9.78 Å². The average Bonchev–Trinajstić information content (AvgIpc) is 2.50. The molecule has 20 heavy (non-hydrogen) atoms. The Bertz CT molecular complexity index is 555. The van der Waals surface area contributed by atoms with E-state index in [1.54, 1.807) is 29.4 Å². The van der Waals surface area contributed by atoms with Crippen molar-refractivity contribution in [1.82, 2.24) is 9.97 Å². The van der Waals surface area contributed by atoms with Crippen LogP contribution in [0.15, 0.2) is 42.9 Å². The molecule has 2 aromatic heterocycles. The van der Waals surface area contributed by atoms with E-state index in [4.69, 9.17) is 4.74 Å². The van der Waals surface area contributed by atoms with Crippen LogP contribution in [0.25, 0.3) is 0 Å². The maximum absolute atomic E-state index is 12.5. The first-order valence-corrected chi connectivity index (χ1v) is 6.57. The van der Waals surface area contributed by atoms with Crippen LogP contribution in [-0.2, 0) is 0 Å². The lowest BCUT2D eigenvalue weighted by molar-refractivity contribution is 0.0988. The molecule has 0 atom stereocenters. The van der Waals surface area contributed by atoms with Crippen molar-refractivity contribution in [3.8, 4) is 5.88 Å². The van der Waals surface area contributed by atoms with Gasteiger partial charge >= 0.3 is 0 Å². The van der Waals surface area contributed by atoms with E-state index in [1.165, 1.54) is 6.20 Å². The van der Waals surface area contributed by atoms with Gasteiger partial charge in [0.25, 0.3) is 5.91 Å².